The van der Waals surface area contributed by atoms with Crippen molar-refractivity contribution in [2.75, 3.05) is 6.67 Å². The predicted molar refractivity (Wildman–Crippen MR) is 171 cm³/mol. The van der Waals surface area contributed by atoms with Crippen LogP contribution >= 0.6 is 0 Å². The number of para-hydroxylation sites is 1. The number of aryl methyl sites for hydroxylation is 1. The van der Waals surface area contributed by atoms with Crippen LogP contribution in [0.2, 0.25) is 0 Å². The van der Waals surface area contributed by atoms with E-state index in [0.717, 1.165) is 5.56 Å². The van der Waals surface area contributed by atoms with Gasteiger partial charge in [0.15, 0.2) is 0 Å². The number of aromatic carboxylic acids is 1. The molecule has 1 aromatic heterocycles. The average Bonchev–Trinajstić information content (AvgIpc) is 3.55. The summed E-state index contributed by atoms with van der Waals surface area (Å²) in [5, 5.41) is 13.7. The minimum atomic E-state index is -1.13. The third-order valence-electron chi connectivity index (χ3n) is 9.51. The number of fused-ring (bicyclic) bond motifs is 1. The largest absolute Gasteiger partial charge is 0.477 e. The van der Waals surface area contributed by atoms with Gasteiger partial charge in [-0.3, -0.25) is 9.59 Å². The number of rotatable bonds is 8. The van der Waals surface area contributed by atoms with Gasteiger partial charge in [-0.2, -0.15) is 0 Å². The maximum Gasteiger partial charge on any atom is 0.407 e. The van der Waals surface area contributed by atoms with Gasteiger partial charge in [-0.15, -0.1) is 0 Å². The fourth-order valence-corrected chi connectivity index (χ4v) is 7.51. The molecule has 0 radical (unpaired) electrons. The highest BCUT2D eigenvalue weighted by Gasteiger charge is 2.51. The van der Waals surface area contributed by atoms with Gasteiger partial charge in [0.1, 0.15) is 24.0 Å². The smallest absolute Gasteiger partial charge is 0.407 e. The standard InChI is InChI=1S/C35H43FN4O6/c1-35(2,3)46-34(45)38-25(19-36)21-14-16-22(17-15-21)32(42)40-27(18-24(29(40)31(37)41)20-10-6-5-7-11-20)28-23-12-8-9-13-26(23)39(4)30(28)33(43)44/h5-13,21-22,24-25,27,29H,14-19H2,1-4H3,(H2,37,41)(H,38,45)(H,43,44)/t21?,22?,24-,25?,27?,29-/m0/s1. The molecule has 246 valence electrons. The van der Waals surface area contributed by atoms with Crippen molar-refractivity contribution in [2.24, 2.45) is 24.6 Å². The Labute approximate surface area is 268 Å². The number of nitrogens with two attached hydrogens (primary N) is 1. The van der Waals surface area contributed by atoms with E-state index >= 15 is 0 Å². The van der Waals surface area contributed by atoms with E-state index in [9.17, 15) is 28.7 Å². The SMILES string of the molecule is Cn1c(C(=O)O)c(C2C[C@@H](c3ccccc3)[C@@H](C(N)=O)N2C(=O)C2CCC(C(CF)NC(=O)OC(C)(C)C)CC2)c2ccccc21. The summed E-state index contributed by atoms with van der Waals surface area (Å²) in [6.45, 7) is 4.44. The van der Waals surface area contributed by atoms with Crippen LogP contribution < -0.4 is 11.1 Å². The van der Waals surface area contributed by atoms with E-state index in [-0.39, 0.29) is 17.5 Å². The van der Waals surface area contributed by atoms with Gasteiger partial charge in [0.2, 0.25) is 11.8 Å². The number of likely N-dealkylation sites (tertiary alicyclic amines) is 1. The van der Waals surface area contributed by atoms with E-state index in [0.29, 0.717) is 48.6 Å². The number of alkyl carbamates (subject to hydrolysis) is 1. The van der Waals surface area contributed by atoms with Gasteiger partial charge in [-0.05, 0) is 70.4 Å². The fraction of sp³-hybridized carbons (Fsp3) is 0.486. The van der Waals surface area contributed by atoms with Crippen molar-refractivity contribution >= 4 is 34.8 Å². The number of benzene rings is 2. The van der Waals surface area contributed by atoms with Gasteiger partial charge < -0.3 is 30.4 Å². The molecule has 46 heavy (non-hydrogen) atoms. The molecule has 1 aliphatic heterocycles. The molecule has 11 heteroatoms. The minimum absolute atomic E-state index is 0.0589. The monoisotopic (exact) mass is 634 g/mol. The van der Waals surface area contributed by atoms with Gasteiger partial charge in [-0.1, -0.05) is 48.5 Å². The van der Waals surface area contributed by atoms with Crippen molar-refractivity contribution in [1.82, 2.24) is 14.8 Å². The third-order valence-corrected chi connectivity index (χ3v) is 9.51. The Hall–Kier alpha value is -4.41. The maximum absolute atomic E-state index is 14.6. The maximum atomic E-state index is 14.6. The van der Waals surface area contributed by atoms with Crippen LogP contribution in [0, 0.1) is 11.8 Å². The summed E-state index contributed by atoms with van der Waals surface area (Å²) in [4.78, 5) is 54.4. The predicted octanol–water partition coefficient (Wildman–Crippen LogP) is 5.46. The van der Waals surface area contributed by atoms with Crippen LogP contribution in [0.4, 0.5) is 9.18 Å². The number of hydrogen-bond acceptors (Lipinski definition) is 5. The van der Waals surface area contributed by atoms with Crippen molar-refractivity contribution < 1.29 is 33.4 Å². The van der Waals surface area contributed by atoms with Gasteiger partial charge >= 0.3 is 12.1 Å². The number of nitrogens with zero attached hydrogens (tertiary/aromatic N) is 2. The first-order chi connectivity index (χ1) is 21.8. The molecule has 2 heterocycles. The number of nitrogens with one attached hydrogen (secondary N) is 1. The van der Waals surface area contributed by atoms with Gasteiger partial charge in [0.05, 0.1) is 12.1 Å². The Morgan fingerprint density at radius 3 is 2.24 bits per heavy atom. The van der Waals surface area contributed by atoms with Crippen LogP contribution in [0.3, 0.4) is 0 Å². The lowest BCUT2D eigenvalue weighted by Crippen LogP contribution is -2.50. The Kier molecular flexibility index (Phi) is 9.42. The van der Waals surface area contributed by atoms with E-state index in [1.54, 1.807) is 37.3 Å². The summed E-state index contributed by atoms with van der Waals surface area (Å²) in [6.07, 6.45) is 1.43. The molecule has 3 amide bonds. The lowest BCUT2D eigenvalue weighted by molar-refractivity contribution is -0.144. The lowest BCUT2D eigenvalue weighted by atomic mass is 9.78. The summed E-state index contributed by atoms with van der Waals surface area (Å²) < 4.78 is 21.0. The number of aromatic nitrogens is 1. The van der Waals surface area contributed by atoms with Crippen molar-refractivity contribution in [2.45, 2.75) is 82.5 Å². The number of carboxylic acid groups (broad SMARTS) is 1. The summed E-state index contributed by atoms with van der Waals surface area (Å²) in [5.41, 5.74) is 7.43. The number of carboxylic acids is 1. The Bertz CT molecular complexity index is 1610. The quantitative estimate of drug-likeness (QED) is 0.300. The molecule has 2 aliphatic rings. The Morgan fingerprint density at radius 2 is 1.65 bits per heavy atom. The topological polar surface area (TPSA) is 144 Å². The van der Waals surface area contributed by atoms with E-state index in [1.165, 1.54) is 0 Å². The molecule has 0 spiro atoms. The molecule has 4 N–H and O–H groups in total. The Balaban J connectivity index is 1.48. The van der Waals surface area contributed by atoms with Crippen LogP contribution in [0.25, 0.3) is 10.9 Å². The van der Waals surface area contributed by atoms with Gasteiger partial charge in [0.25, 0.3) is 0 Å². The average molecular weight is 635 g/mol. The van der Waals surface area contributed by atoms with E-state index in [4.69, 9.17) is 10.5 Å². The second-order valence-electron chi connectivity index (χ2n) is 13.5. The number of alkyl halides is 1. The molecule has 2 aromatic carbocycles. The van der Waals surface area contributed by atoms with Crippen molar-refractivity contribution in [3.05, 3.63) is 71.4 Å². The molecule has 4 atom stereocenters. The second kappa shape index (κ2) is 13.1. The highest BCUT2D eigenvalue weighted by atomic mass is 19.1. The molecule has 1 saturated carbocycles. The van der Waals surface area contributed by atoms with Crippen molar-refractivity contribution in [3.8, 4) is 0 Å². The van der Waals surface area contributed by atoms with Crippen LogP contribution in [-0.4, -0.2) is 62.8 Å². The Morgan fingerprint density at radius 1 is 1.02 bits per heavy atom. The molecule has 10 nitrogen and oxygen atoms in total. The molecule has 3 aromatic rings. The molecule has 2 fully saturated rings. The molecule has 0 bridgehead atoms. The zero-order chi connectivity index (χ0) is 33.3. The lowest BCUT2D eigenvalue weighted by Gasteiger charge is -2.37. The molecule has 1 aliphatic carbocycles. The van der Waals surface area contributed by atoms with Crippen LogP contribution in [0.1, 0.15) is 86.5 Å². The van der Waals surface area contributed by atoms with Crippen molar-refractivity contribution in [1.29, 1.82) is 0 Å². The normalized spacial score (nSPS) is 24.0. The third kappa shape index (κ3) is 6.45. The van der Waals surface area contributed by atoms with Gasteiger partial charge in [-0.25, -0.2) is 14.0 Å². The minimum Gasteiger partial charge on any atom is -0.477 e. The number of amides is 3. The first-order valence-electron chi connectivity index (χ1n) is 15.8. The molecule has 1 saturated heterocycles. The van der Waals surface area contributed by atoms with Crippen LogP contribution in [0.5, 0.6) is 0 Å². The second-order valence-corrected chi connectivity index (χ2v) is 13.5. The van der Waals surface area contributed by atoms with E-state index < -0.39 is 60.2 Å². The zero-order valence-electron chi connectivity index (χ0n) is 26.7. The van der Waals surface area contributed by atoms with Crippen LogP contribution in [0.15, 0.2) is 54.6 Å². The van der Waals surface area contributed by atoms with E-state index in [1.807, 2.05) is 54.6 Å². The molecule has 5 rings (SSSR count). The molecular formula is C35H43FN4O6. The van der Waals surface area contributed by atoms with Crippen molar-refractivity contribution in [3.63, 3.8) is 0 Å². The number of halogens is 1. The summed E-state index contributed by atoms with van der Waals surface area (Å²) in [5.74, 6) is -3.19. The summed E-state index contributed by atoms with van der Waals surface area (Å²) >= 11 is 0. The first-order valence-corrected chi connectivity index (χ1v) is 15.8. The van der Waals surface area contributed by atoms with E-state index in [2.05, 4.69) is 5.32 Å². The number of hydrogen-bond donors (Lipinski definition) is 3. The summed E-state index contributed by atoms with van der Waals surface area (Å²) in [6, 6.07) is 14.2. The summed E-state index contributed by atoms with van der Waals surface area (Å²) in [7, 11) is 1.69. The number of primary amides is 1. The number of ether oxygens (including phenoxy) is 1. The first kappa shape index (κ1) is 33.0. The highest BCUT2D eigenvalue weighted by molar-refractivity contribution is 5.99. The van der Waals surface area contributed by atoms with Gasteiger partial charge in [0, 0.05) is 35.3 Å². The zero-order valence-corrected chi connectivity index (χ0v) is 26.7. The van der Waals surface area contributed by atoms with Crippen LogP contribution in [-0.2, 0) is 21.4 Å². The fourth-order valence-electron chi connectivity index (χ4n) is 7.51. The number of carbonyl (C=O) groups is 4. The highest BCUT2D eigenvalue weighted by Crippen LogP contribution is 2.49. The number of carbonyl (C=O) groups excluding carboxylic acids is 3. The molecular weight excluding hydrogens is 591 g/mol. The molecule has 2 unspecified atom stereocenters.